The standard InChI is InChI=1S/C17H13N5O3/c1-24-12-5-6-15-13(8-12)14(9-25-15)17(23)18-11-4-2-3-10(7-11)16-19-21-22-20-16/h2-9H,1H3,(H,18,23)(H,19,20,21,22). The van der Waals surface area contributed by atoms with Crippen LogP contribution in [0.4, 0.5) is 5.69 Å². The van der Waals surface area contributed by atoms with Crippen molar-refractivity contribution in [3.63, 3.8) is 0 Å². The van der Waals surface area contributed by atoms with Crippen LogP contribution in [0.15, 0.2) is 53.1 Å². The lowest BCUT2D eigenvalue weighted by atomic mass is 10.1. The van der Waals surface area contributed by atoms with Crippen LogP contribution >= 0.6 is 0 Å². The van der Waals surface area contributed by atoms with E-state index in [9.17, 15) is 4.79 Å². The Labute approximate surface area is 141 Å². The first-order valence-corrected chi connectivity index (χ1v) is 7.45. The fourth-order valence-corrected chi connectivity index (χ4v) is 2.53. The first kappa shape index (κ1) is 14.9. The van der Waals surface area contributed by atoms with Crippen molar-refractivity contribution in [1.82, 2.24) is 20.6 Å². The topological polar surface area (TPSA) is 106 Å². The Balaban J connectivity index is 1.63. The molecular weight excluding hydrogens is 322 g/mol. The van der Waals surface area contributed by atoms with Crippen molar-refractivity contribution in [3.8, 4) is 17.1 Å². The highest BCUT2D eigenvalue weighted by molar-refractivity contribution is 6.12. The minimum absolute atomic E-state index is 0.280. The lowest BCUT2D eigenvalue weighted by molar-refractivity contribution is 0.102. The third-order valence-corrected chi connectivity index (χ3v) is 3.75. The highest BCUT2D eigenvalue weighted by Crippen LogP contribution is 2.27. The van der Waals surface area contributed by atoms with Gasteiger partial charge in [-0.05, 0) is 35.5 Å². The van der Waals surface area contributed by atoms with E-state index < -0.39 is 0 Å². The molecule has 124 valence electrons. The number of ether oxygens (including phenoxy) is 1. The minimum Gasteiger partial charge on any atom is -0.497 e. The molecule has 8 nitrogen and oxygen atoms in total. The van der Waals surface area contributed by atoms with Gasteiger partial charge in [-0.15, -0.1) is 10.2 Å². The second-order valence-electron chi connectivity index (χ2n) is 5.28. The number of hydrogen-bond acceptors (Lipinski definition) is 6. The third-order valence-electron chi connectivity index (χ3n) is 3.75. The van der Waals surface area contributed by atoms with Crippen LogP contribution in [0.25, 0.3) is 22.4 Å². The number of amides is 1. The smallest absolute Gasteiger partial charge is 0.259 e. The number of H-pyrrole nitrogens is 1. The fraction of sp³-hybridized carbons (Fsp3) is 0.0588. The Morgan fingerprint density at radius 2 is 2.16 bits per heavy atom. The Kier molecular flexibility index (Phi) is 3.62. The molecule has 0 bridgehead atoms. The molecule has 8 heteroatoms. The van der Waals surface area contributed by atoms with Gasteiger partial charge in [-0.3, -0.25) is 4.79 Å². The van der Waals surface area contributed by atoms with Crippen molar-refractivity contribution in [3.05, 3.63) is 54.3 Å². The minimum atomic E-state index is -0.280. The first-order chi connectivity index (χ1) is 12.2. The van der Waals surface area contributed by atoms with Crippen LogP contribution in [-0.2, 0) is 0 Å². The van der Waals surface area contributed by atoms with Crippen molar-refractivity contribution in [2.45, 2.75) is 0 Å². The number of nitrogens with zero attached hydrogens (tertiary/aromatic N) is 3. The Morgan fingerprint density at radius 1 is 1.24 bits per heavy atom. The van der Waals surface area contributed by atoms with Gasteiger partial charge in [0, 0.05) is 16.6 Å². The highest BCUT2D eigenvalue weighted by atomic mass is 16.5. The predicted octanol–water partition coefficient (Wildman–Crippen LogP) is 2.87. The lowest BCUT2D eigenvalue weighted by Gasteiger charge is -2.05. The molecule has 0 aliphatic carbocycles. The summed E-state index contributed by atoms with van der Waals surface area (Å²) >= 11 is 0. The number of carbonyl (C=O) groups excluding carboxylic acids is 1. The van der Waals surface area contributed by atoms with Gasteiger partial charge in [-0.25, -0.2) is 0 Å². The molecule has 0 radical (unpaired) electrons. The largest absolute Gasteiger partial charge is 0.497 e. The van der Waals surface area contributed by atoms with Crippen molar-refractivity contribution in [1.29, 1.82) is 0 Å². The number of aromatic nitrogens is 4. The van der Waals surface area contributed by atoms with E-state index in [1.807, 2.05) is 6.07 Å². The third kappa shape index (κ3) is 2.80. The van der Waals surface area contributed by atoms with E-state index in [1.165, 1.54) is 6.26 Å². The van der Waals surface area contributed by atoms with E-state index in [1.54, 1.807) is 43.5 Å². The normalized spacial score (nSPS) is 10.8. The number of aromatic amines is 1. The molecule has 0 aliphatic heterocycles. The van der Waals surface area contributed by atoms with E-state index in [0.29, 0.717) is 33.8 Å². The van der Waals surface area contributed by atoms with E-state index in [-0.39, 0.29) is 5.91 Å². The number of anilines is 1. The number of carbonyl (C=O) groups is 1. The van der Waals surface area contributed by atoms with Crippen LogP contribution in [0.2, 0.25) is 0 Å². The molecule has 0 saturated carbocycles. The number of rotatable bonds is 4. The summed E-state index contributed by atoms with van der Waals surface area (Å²) in [5, 5.41) is 17.3. The summed E-state index contributed by atoms with van der Waals surface area (Å²) in [4.78, 5) is 12.6. The molecule has 2 heterocycles. The Hall–Kier alpha value is -3.68. The van der Waals surface area contributed by atoms with Crippen LogP contribution in [0.3, 0.4) is 0 Å². The number of tetrazole rings is 1. The second kappa shape index (κ2) is 6.08. The first-order valence-electron chi connectivity index (χ1n) is 7.45. The van der Waals surface area contributed by atoms with Gasteiger partial charge in [0.25, 0.3) is 5.91 Å². The molecule has 0 unspecified atom stereocenters. The summed E-state index contributed by atoms with van der Waals surface area (Å²) in [7, 11) is 1.57. The number of benzene rings is 2. The maximum absolute atomic E-state index is 12.6. The monoisotopic (exact) mass is 335 g/mol. The van der Waals surface area contributed by atoms with E-state index in [4.69, 9.17) is 9.15 Å². The van der Waals surface area contributed by atoms with Gasteiger partial charge < -0.3 is 14.5 Å². The van der Waals surface area contributed by atoms with Gasteiger partial charge in [0.1, 0.15) is 17.6 Å². The molecule has 0 fully saturated rings. The van der Waals surface area contributed by atoms with Crippen molar-refractivity contribution in [2.24, 2.45) is 0 Å². The highest BCUT2D eigenvalue weighted by Gasteiger charge is 2.15. The van der Waals surface area contributed by atoms with Gasteiger partial charge in [-0.2, -0.15) is 5.21 Å². The molecule has 0 spiro atoms. The molecule has 4 aromatic rings. The van der Waals surface area contributed by atoms with Crippen LogP contribution in [0.1, 0.15) is 10.4 Å². The Bertz CT molecular complexity index is 1040. The predicted molar refractivity (Wildman–Crippen MR) is 90.3 cm³/mol. The molecule has 0 saturated heterocycles. The summed E-state index contributed by atoms with van der Waals surface area (Å²) in [6.07, 6.45) is 1.43. The number of nitrogens with one attached hydrogen (secondary N) is 2. The second-order valence-corrected chi connectivity index (χ2v) is 5.28. The summed E-state index contributed by atoms with van der Waals surface area (Å²) in [6.45, 7) is 0. The Morgan fingerprint density at radius 3 is 2.96 bits per heavy atom. The van der Waals surface area contributed by atoms with Gasteiger partial charge >= 0.3 is 0 Å². The van der Waals surface area contributed by atoms with Crippen LogP contribution in [0.5, 0.6) is 5.75 Å². The molecule has 1 amide bonds. The SMILES string of the molecule is COc1ccc2occ(C(=O)Nc3cccc(-c4nn[nH]n4)c3)c2c1. The summed E-state index contributed by atoms with van der Waals surface area (Å²) in [5.41, 5.74) is 2.40. The van der Waals surface area contributed by atoms with E-state index >= 15 is 0 Å². The van der Waals surface area contributed by atoms with Gasteiger partial charge in [-0.1, -0.05) is 12.1 Å². The van der Waals surface area contributed by atoms with Crippen molar-refractivity contribution >= 4 is 22.6 Å². The van der Waals surface area contributed by atoms with Crippen molar-refractivity contribution in [2.75, 3.05) is 12.4 Å². The fourth-order valence-electron chi connectivity index (χ4n) is 2.53. The summed E-state index contributed by atoms with van der Waals surface area (Å²) in [6, 6.07) is 12.5. The average molecular weight is 335 g/mol. The average Bonchev–Trinajstić information content (AvgIpc) is 3.31. The molecule has 2 aromatic carbocycles. The molecule has 2 N–H and O–H groups in total. The van der Waals surface area contributed by atoms with E-state index in [2.05, 4.69) is 25.9 Å². The van der Waals surface area contributed by atoms with Gasteiger partial charge in [0.05, 0.1) is 12.7 Å². The van der Waals surface area contributed by atoms with E-state index in [0.717, 1.165) is 5.56 Å². The van der Waals surface area contributed by atoms with Crippen LogP contribution < -0.4 is 10.1 Å². The number of methoxy groups -OCH3 is 1. The maximum Gasteiger partial charge on any atom is 0.259 e. The number of hydrogen-bond donors (Lipinski definition) is 2. The molecule has 0 aliphatic rings. The zero-order valence-corrected chi connectivity index (χ0v) is 13.2. The zero-order chi connectivity index (χ0) is 17.2. The summed E-state index contributed by atoms with van der Waals surface area (Å²) in [5.74, 6) is 0.828. The molecule has 4 rings (SSSR count). The quantitative estimate of drug-likeness (QED) is 0.594. The van der Waals surface area contributed by atoms with Gasteiger partial charge in [0.15, 0.2) is 0 Å². The van der Waals surface area contributed by atoms with Crippen LogP contribution in [-0.4, -0.2) is 33.6 Å². The molecule has 25 heavy (non-hydrogen) atoms. The van der Waals surface area contributed by atoms with Crippen LogP contribution in [0, 0.1) is 0 Å². The molecule has 2 aromatic heterocycles. The number of fused-ring (bicyclic) bond motifs is 1. The number of furan rings is 1. The van der Waals surface area contributed by atoms with Gasteiger partial charge in [0.2, 0.25) is 5.82 Å². The lowest BCUT2D eigenvalue weighted by Crippen LogP contribution is -2.11. The molecular formula is C17H13N5O3. The van der Waals surface area contributed by atoms with Crippen molar-refractivity contribution < 1.29 is 13.9 Å². The molecule has 0 atom stereocenters. The maximum atomic E-state index is 12.6. The zero-order valence-electron chi connectivity index (χ0n) is 13.2. The summed E-state index contributed by atoms with van der Waals surface area (Å²) < 4.78 is 10.6.